The highest BCUT2D eigenvalue weighted by Gasteiger charge is 2.25. The van der Waals surface area contributed by atoms with Gasteiger partial charge in [-0.2, -0.15) is 0 Å². The van der Waals surface area contributed by atoms with Crippen LogP contribution in [0.4, 0.5) is 0 Å². The van der Waals surface area contributed by atoms with E-state index in [1.165, 1.54) is 69.7 Å². The topological polar surface area (TPSA) is 87.4 Å². The molecule has 12 aromatic carbocycles. The third kappa shape index (κ3) is 8.09. The Hall–Kier alpha value is -11.7. The van der Waals surface area contributed by atoms with E-state index in [0.717, 1.165) is 93.9 Å². The van der Waals surface area contributed by atoms with E-state index in [9.17, 15) is 0 Å². The molecule has 0 aliphatic rings. The maximum atomic E-state index is 6.68. The molecular weight excluding hydrogens is 1090 g/mol. The van der Waals surface area contributed by atoms with Crippen LogP contribution in [0.5, 0.6) is 0 Å². The Labute approximate surface area is 507 Å². The summed E-state index contributed by atoms with van der Waals surface area (Å²) >= 11 is 1.72. The summed E-state index contributed by atoms with van der Waals surface area (Å²) in [5.41, 5.74) is 15.0. The van der Waals surface area contributed by atoms with E-state index in [-0.39, 0.29) is 0 Å². The molecule has 410 valence electrons. The maximum Gasteiger partial charge on any atom is 0.197 e. The zero-order valence-corrected chi connectivity index (χ0v) is 47.9. The molecule has 9 heteroatoms. The molecule has 0 atom stereocenters. The minimum absolute atomic E-state index is 0.658. The predicted molar refractivity (Wildman–Crippen MR) is 365 cm³/mol. The van der Waals surface area contributed by atoms with Crippen molar-refractivity contribution < 1.29 is 4.42 Å². The second kappa shape index (κ2) is 20.0. The molecule has 19 rings (SSSR count). The molecule has 0 aliphatic carbocycles. The first-order valence-electron chi connectivity index (χ1n) is 29.4. The number of thiophene rings is 1. The molecule has 0 radical (unpaired) electrons. The normalized spacial score (nSPS) is 11.9. The van der Waals surface area contributed by atoms with E-state index < -0.39 is 0 Å². The highest BCUT2D eigenvalue weighted by Crippen LogP contribution is 2.43. The minimum Gasteiger partial charge on any atom is -0.450 e. The molecule has 0 unspecified atom stereocenters. The number of pyridine rings is 1. The Kier molecular flexibility index (Phi) is 11.3. The summed E-state index contributed by atoms with van der Waals surface area (Å²) < 4.78 is 12.4. The monoisotopic (exact) mass is 1140 g/mol. The number of para-hydroxylation sites is 2. The second-order valence-electron chi connectivity index (χ2n) is 22.4. The first-order valence-corrected chi connectivity index (χ1v) is 30.3. The Morgan fingerprint density at radius 2 is 0.830 bits per heavy atom. The number of furan rings is 1. The quantitative estimate of drug-likeness (QED) is 0.165. The van der Waals surface area contributed by atoms with Gasteiger partial charge in [-0.3, -0.25) is 14.1 Å². The van der Waals surface area contributed by atoms with Gasteiger partial charge in [-0.1, -0.05) is 200 Å². The fourth-order valence-electron chi connectivity index (χ4n) is 13.0. The van der Waals surface area contributed by atoms with Gasteiger partial charge in [-0.25, -0.2) is 19.9 Å². The van der Waals surface area contributed by atoms with Crippen molar-refractivity contribution in [3.05, 3.63) is 285 Å². The number of nitrogens with zero attached hydrogens (tertiary/aromatic N) is 7. The van der Waals surface area contributed by atoms with Gasteiger partial charge in [0.1, 0.15) is 27.1 Å². The van der Waals surface area contributed by atoms with Crippen LogP contribution in [0.3, 0.4) is 0 Å². The minimum atomic E-state index is 0.658. The smallest absolute Gasteiger partial charge is 0.197 e. The molecular formula is C79H47N7OS. The van der Waals surface area contributed by atoms with Crippen molar-refractivity contribution in [2.45, 2.75) is 0 Å². The Morgan fingerprint density at radius 1 is 0.307 bits per heavy atom. The summed E-state index contributed by atoms with van der Waals surface area (Å²) in [6, 6.07) is 96.2. The molecule has 8 nitrogen and oxygen atoms in total. The highest BCUT2D eigenvalue weighted by atomic mass is 32.1. The van der Waals surface area contributed by atoms with Gasteiger partial charge < -0.3 is 4.42 Å². The predicted octanol–water partition coefficient (Wildman–Crippen LogP) is 20.9. The van der Waals surface area contributed by atoms with Crippen LogP contribution >= 0.6 is 11.3 Å². The van der Waals surface area contributed by atoms with Crippen molar-refractivity contribution in [3.63, 3.8) is 0 Å². The van der Waals surface area contributed by atoms with E-state index in [1.807, 2.05) is 42.5 Å². The van der Waals surface area contributed by atoms with Gasteiger partial charge in [0.25, 0.3) is 0 Å². The lowest BCUT2D eigenvalue weighted by molar-refractivity contribution is 0.662. The lowest BCUT2D eigenvalue weighted by atomic mass is 10.0. The van der Waals surface area contributed by atoms with Crippen molar-refractivity contribution >= 4 is 130 Å². The molecule has 0 spiro atoms. The molecule has 0 amide bonds. The van der Waals surface area contributed by atoms with Crippen LogP contribution in [-0.2, 0) is 0 Å². The number of hydrogen-bond donors (Lipinski definition) is 0. The maximum absolute atomic E-state index is 6.68. The molecule has 0 N–H and O–H groups in total. The molecule has 88 heavy (non-hydrogen) atoms. The average Bonchev–Trinajstić information content (AvgIpc) is 2.08. The van der Waals surface area contributed by atoms with Crippen molar-refractivity contribution in [2.24, 2.45) is 0 Å². The van der Waals surface area contributed by atoms with Crippen molar-refractivity contribution in [3.8, 4) is 56.5 Å². The summed E-state index contributed by atoms with van der Waals surface area (Å²) in [5.74, 6) is 2.23. The number of benzene rings is 12. The van der Waals surface area contributed by atoms with E-state index in [2.05, 4.69) is 245 Å². The van der Waals surface area contributed by atoms with Gasteiger partial charge >= 0.3 is 0 Å². The number of rotatable bonds is 6. The summed E-state index contributed by atoms with van der Waals surface area (Å²) in [5, 5.41) is 14.2. The summed E-state index contributed by atoms with van der Waals surface area (Å²) in [6.45, 7) is 0. The molecule has 0 saturated heterocycles. The second-order valence-corrected chi connectivity index (χ2v) is 23.4. The summed E-state index contributed by atoms with van der Waals surface area (Å²) in [4.78, 5) is 26.3. The Balaban J connectivity index is 0.000000132. The van der Waals surface area contributed by atoms with E-state index in [4.69, 9.17) is 24.4 Å². The third-order valence-electron chi connectivity index (χ3n) is 17.3. The van der Waals surface area contributed by atoms with Crippen LogP contribution < -0.4 is 0 Å². The number of fused-ring (bicyclic) bond motifs is 15. The van der Waals surface area contributed by atoms with Crippen LogP contribution in [-0.4, -0.2) is 34.1 Å². The number of hydrogen-bond acceptors (Lipinski definition) is 7. The lowest BCUT2D eigenvalue weighted by Crippen LogP contribution is -2.02. The highest BCUT2D eigenvalue weighted by molar-refractivity contribution is 7.25. The summed E-state index contributed by atoms with van der Waals surface area (Å²) in [7, 11) is 0. The van der Waals surface area contributed by atoms with E-state index in [1.54, 1.807) is 23.7 Å². The van der Waals surface area contributed by atoms with Crippen molar-refractivity contribution in [2.75, 3.05) is 0 Å². The SMILES string of the molecule is c1ccc(-c2nc(-n3c4ccccc4c4cc5ccccc5cc43)c3oc4cc(-c5ccncc5)ccc4c3n2)cc1.c1ccc(-c2nc3c(nc2-n2c4ccccc4c4cc5ccccc5cc42)sc2cc(-c4ccc5ccccc5c4)ccc23)cc1. The third-order valence-corrected chi connectivity index (χ3v) is 18.3. The fraction of sp³-hybridized carbons (Fsp3) is 0. The molecule has 0 saturated carbocycles. The molecule has 0 bridgehead atoms. The fourth-order valence-corrected chi connectivity index (χ4v) is 14.1. The van der Waals surface area contributed by atoms with Gasteiger partial charge in [0.05, 0.1) is 22.1 Å². The molecule has 7 heterocycles. The van der Waals surface area contributed by atoms with Crippen LogP contribution in [0.15, 0.2) is 290 Å². The van der Waals surface area contributed by atoms with E-state index >= 15 is 0 Å². The molecule has 7 aromatic heterocycles. The first-order chi connectivity index (χ1) is 43.6. The van der Waals surface area contributed by atoms with Crippen LogP contribution in [0.2, 0.25) is 0 Å². The standard InChI is InChI=1S/C42H25N3S.C37H22N4O/c1-2-11-27(12-3-1)39-41(45-36-17-9-8-16-33(36)35-23-29-14-6-7-15-30(29)24-37(35)45)44-42-40(43-39)34-21-20-32(25-38(34)46-42)31-19-18-26-10-4-5-13-28(26)22-31;1-2-8-24(9-3-1)36-39-34-29-15-14-27(23-16-18-38-19-17-23)22-33(29)42-35(34)37(40-36)41-31-13-7-6-12-28(31)30-20-25-10-4-5-11-26(25)21-32(30)41/h1-25H;1-22H. The van der Waals surface area contributed by atoms with Gasteiger partial charge in [0.2, 0.25) is 0 Å². The largest absolute Gasteiger partial charge is 0.450 e. The average molecular weight is 1140 g/mol. The zero-order valence-electron chi connectivity index (χ0n) is 47.1. The van der Waals surface area contributed by atoms with E-state index in [0.29, 0.717) is 11.4 Å². The van der Waals surface area contributed by atoms with Gasteiger partial charge in [-0.05, 0) is 127 Å². The molecule has 19 aromatic rings. The van der Waals surface area contributed by atoms with Crippen molar-refractivity contribution in [1.82, 2.24) is 34.1 Å². The first kappa shape index (κ1) is 49.7. The van der Waals surface area contributed by atoms with Crippen LogP contribution in [0, 0.1) is 0 Å². The zero-order chi connectivity index (χ0) is 57.8. The van der Waals surface area contributed by atoms with Gasteiger partial charge in [0, 0.05) is 60.5 Å². The van der Waals surface area contributed by atoms with Crippen LogP contribution in [0.25, 0.3) is 175 Å². The Bertz CT molecular complexity index is 6010. The lowest BCUT2D eigenvalue weighted by Gasteiger charge is -2.13. The number of aromatic nitrogens is 7. The van der Waals surface area contributed by atoms with Crippen molar-refractivity contribution in [1.29, 1.82) is 0 Å². The van der Waals surface area contributed by atoms with Gasteiger partial charge in [0.15, 0.2) is 23.0 Å². The molecule has 0 fully saturated rings. The molecule has 0 aliphatic heterocycles. The van der Waals surface area contributed by atoms with Gasteiger partial charge in [-0.15, -0.1) is 11.3 Å². The summed E-state index contributed by atoms with van der Waals surface area (Å²) in [6.07, 6.45) is 3.61. The Morgan fingerprint density at radius 3 is 1.49 bits per heavy atom. The van der Waals surface area contributed by atoms with Crippen LogP contribution in [0.1, 0.15) is 0 Å².